The first kappa shape index (κ1) is 13.6. The molecule has 0 fully saturated rings. The van der Waals surface area contributed by atoms with Gasteiger partial charge in [0.2, 0.25) is 0 Å². The highest BCUT2D eigenvalue weighted by Crippen LogP contribution is 2.24. The van der Waals surface area contributed by atoms with Crippen molar-refractivity contribution in [1.82, 2.24) is 15.1 Å². The van der Waals surface area contributed by atoms with Crippen LogP contribution < -0.4 is 5.32 Å². The predicted octanol–water partition coefficient (Wildman–Crippen LogP) is 3.91. The van der Waals surface area contributed by atoms with E-state index in [-0.39, 0.29) is 0 Å². The van der Waals surface area contributed by atoms with Crippen LogP contribution in [0.5, 0.6) is 0 Å². The van der Waals surface area contributed by atoms with Crippen LogP contribution in [-0.4, -0.2) is 16.3 Å². The molecule has 0 aliphatic carbocycles. The van der Waals surface area contributed by atoms with Gasteiger partial charge in [-0.25, -0.2) is 0 Å². The molecule has 0 saturated heterocycles. The van der Waals surface area contributed by atoms with Crippen molar-refractivity contribution in [3.8, 4) is 0 Å². The zero-order valence-electron chi connectivity index (χ0n) is 11.3. The third kappa shape index (κ3) is 2.73. The maximum absolute atomic E-state index is 6.00. The van der Waals surface area contributed by atoms with Crippen LogP contribution >= 0.6 is 22.9 Å². The van der Waals surface area contributed by atoms with E-state index in [1.54, 1.807) is 11.3 Å². The van der Waals surface area contributed by atoms with Gasteiger partial charge in [-0.3, -0.25) is 4.68 Å². The minimum absolute atomic E-state index is 0.768. The molecule has 0 bridgehead atoms. The van der Waals surface area contributed by atoms with Gasteiger partial charge < -0.3 is 5.32 Å². The molecule has 2 aromatic heterocycles. The van der Waals surface area contributed by atoms with Crippen LogP contribution in [0.15, 0.2) is 36.4 Å². The molecule has 3 nitrogen and oxygen atoms in total. The fraction of sp³-hybridized carbons (Fsp3) is 0.267. The summed E-state index contributed by atoms with van der Waals surface area (Å²) in [5, 5.41) is 9.31. The average molecular weight is 306 g/mol. The Morgan fingerprint density at radius 2 is 2.10 bits per heavy atom. The number of para-hydroxylation sites is 1. The first-order valence-electron chi connectivity index (χ1n) is 6.67. The van der Waals surface area contributed by atoms with Crippen LogP contribution in [0.2, 0.25) is 4.34 Å². The first-order chi connectivity index (χ1) is 9.78. The minimum atomic E-state index is 0.768. The van der Waals surface area contributed by atoms with Gasteiger partial charge in [-0.2, -0.15) is 5.10 Å². The number of aromatic nitrogens is 2. The fourth-order valence-corrected chi connectivity index (χ4v) is 3.34. The second-order valence-electron chi connectivity index (χ2n) is 4.61. The molecule has 5 heteroatoms. The number of halogens is 1. The first-order valence-corrected chi connectivity index (χ1v) is 7.86. The molecule has 0 radical (unpaired) electrons. The lowest BCUT2D eigenvalue weighted by molar-refractivity contribution is 0.661. The monoisotopic (exact) mass is 305 g/mol. The summed E-state index contributed by atoms with van der Waals surface area (Å²) in [6.07, 6.45) is 0. The Hall–Kier alpha value is -1.36. The number of rotatable bonds is 5. The molecule has 0 aliphatic rings. The van der Waals surface area contributed by atoms with E-state index in [2.05, 4.69) is 47.3 Å². The summed E-state index contributed by atoms with van der Waals surface area (Å²) in [6, 6.07) is 12.4. The van der Waals surface area contributed by atoms with Crippen molar-refractivity contribution in [2.75, 3.05) is 6.54 Å². The highest BCUT2D eigenvalue weighted by atomic mass is 35.5. The summed E-state index contributed by atoms with van der Waals surface area (Å²) in [7, 11) is 0. The number of hydrogen-bond donors (Lipinski definition) is 1. The van der Waals surface area contributed by atoms with Crippen LogP contribution in [-0.2, 0) is 13.1 Å². The van der Waals surface area contributed by atoms with Gasteiger partial charge in [0.1, 0.15) is 0 Å². The molecule has 2 heterocycles. The normalized spacial score (nSPS) is 11.3. The Kier molecular flexibility index (Phi) is 4.05. The van der Waals surface area contributed by atoms with E-state index in [9.17, 15) is 0 Å². The van der Waals surface area contributed by atoms with E-state index in [4.69, 9.17) is 16.7 Å². The summed E-state index contributed by atoms with van der Waals surface area (Å²) in [5.41, 5.74) is 2.27. The number of nitrogens with one attached hydrogen (secondary N) is 1. The van der Waals surface area contributed by atoms with Gasteiger partial charge >= 0.3 is 0 Å². The Balaban J connectivity index is 1.97. The van der Waals surface area contributed by atoms with Crippen molar-refractivity contribution in [3.05, 3.63) is 51.3 Å². The molecule has 1 N–H and O–H groups in total. The predicted molar refractivity (Wildman–Crippen MR) is 85.5 cm³/mol. The number of hydrogen-bond acceptors (Lipinski definition) is 3. The minimum Gasteiger partial charge on any atom is -0.311 e. The van der Waals surface area contributed by atoms with Crippen molar-refractivity contribution in [2.24, 2.45) is 0 Å². The Morgan fingerprint density at radius 1 is 1.25 bits per heavy atom. The number of fused-ring (bicyclic) bond motifs is 1. The van der Waals surface area contributed by atoms with Gasteiger partial charge in [-0.15, -0.1) is 11.3 Å². The smallest absolute Gasteiger partial charge is 0.0931 e. The highest BCUT2D eigenvalue weighted by Gasteiger charge is 2.10. The lowest BCUT2D eigenvalue weighted by Crippen LogP contribution is -2.12. The molecular weight excluding hydrogens is 290 g/mol. The lowest BCUT2D eigenvalue weighted by Gasteiger charge is -2.00. The summed E-state index contributed by atoms with van der Waals surface area (Å²) in [6.45, 7) is 4.62. The lowest BCUT2D eigenvalue weighted by atomic mass is 10.2. The van der Waals surface area contributed by atoms with Crippen molar-refractivity contribution in [3.63, 3.8) is 0 Å². The second kappa shape index (κ2) is 5.95. The highest BCUT2D eigenvalue weighted by molar-refractivity contribution is 7.16. The molecular formula is C15H16ClN3S. The van der Waals surface area contributed by atoms with Crippen molar-refractivity contribution in [1.29, 1.82) is 0 Å². The van der Waals surface area contributed by atoms with Gasteiger partial charge in [0.05, 0.1) is 22.1 Å². The Labute approximate surface area is 127 Å². The third-order valence-electron chi connectivity index (χ3n) is 3.21. The van der Waals surface area contributed by atoms with Crippen molar-refractivity contribution >= 4 is 33.8 Å². The standard InChI is InChI=1S/C15H16ClN3S/c1-2-17-9-13-12-5-3-4-6-14(12)19(18-13)10-11-7-8-15(16)20-11/h3-8,17H,2,9-10H2,1H3. The van der Waals surface area contributed by atoms with Crippen LogP contribution in [0, 0.1) is 0 Å². The maximum Gasteiger partial charge on any atom is 0.0931 e. The van der Waals surface area contributed by atoms with Crippen LogP contribution in [0.25, 0.3) is 10.9 Å². The van der Waals surface area contributed by atoms with Gasteiger partial charge in [0, 0.05) is 16.8 Å². The second-order valence-corrected chi connectivity index (χ2v) is 6.41. The molecule has 104 valence electrons. The Morgan fingerprint density at radius 3 is 2.85 bits per heavy atom. The zero-order chi connectivity index (χ0) is 13.9. The van der Waals surface area contributed by atoms with E-state index < -0.39 is 0 Å². The maximum atomic E-state index is 6.00. The van der Waals surface area contributed by atoms with E-state index >= 15 is 0 Å². The molecule has 1 aromatic carbocycles. The largest absolute Gasteiger partial charge is 0.311 e. The summed E-state index contributed by atoms with van der Waals surface area (Å²) >= 11 is 7.60. The summed E-state index contributed by atoms with van der Waals surface area (Å²) in [4.78, 5) is 1.22. The van der Waals surface area contributed by atoms with Crippen molar-refractivity contribution in [2.45, 2.75) is 20.0 Å². The molecule has 20 heavy (non-hydrogen) atoms. The molecule has 0 atom stereocenters. The van der Waals surface area contributed by atoms with Crippen LogP contribution in [0.1, 0.15) is 17.5 Å². The molecule has 3 rings (SSSR count). The van der Waals surface area contributed by atoms with Crippen molar-refractivity contribution < 1.29 is 0 Å². The fourth-order valence-electron chi connectivity index (χ4n) is 2.28. The van der Waals surface area contributed by atoms with Crippen LogP contribution in [0.3, 0.4) is 0 Å². The molecule has 0 aliphatic heterocycles. The topological polar surface area (TPSA) is 29.9 Å². The molecule has 0 amide bonds. The summed E-state index contributed by atoms with van der Waals surface area (Å²) in [5.74, 6) is 0. The molecule has 3 aromatic rings. The van der Waals surface area contributed by atoms with Gasteiger partial charge in [-0.1, -0.05) is 36.7 Å². The quantitative estimate of drug-likeness (QED) is 0.774. The van der Waals surface area contributed by atoms with Crippen LogP contribution in [0.4, 0.5) is 0 Å². The SMILES string of the molecule is CCNCc1nn(Cc2ccc(Cl)s2)c2ccccc12. The number of benzene rings is 1. The number of thiophene rings is 1. The molecule has 0 saturated carbocycles. The number of nitrogens with zero attached hydrogens (tertiary/aromatic N) is 2. The molecule has 0 unspecified atom stereocenters. The van der Waals surface area contributed by atoms with E-state index in [1.165, 1.54) is 15.8 Å². The van der Waals surface area contributed by atoms with E-state index in [0.717, 1.165) is 29.7 Å². The average Bonchev–Trinajstić information content (AvgIpc) is 3.02. The zero-order valence-corrected chi connectivity index (χ0v) is 12.8. The van der Waals surface area contributed by atoms with Gasteiger partial charge in [-0.05, 0) is 24.7 Å². The Bertz CT molecular complexity index is 717. The van der Waals surface area contributed by atoms with E-state index in [1.807, 2.05) is 6.07 Å². The molecule has 0 spiro atoms. The summed E-state index contributed by atoms with van der Waals surface area (Å²) < 4.78 is 2.88. The van der Waals surface area contributed by atoms with E-state index in [0.29, 0.717) is 0 Å². The van der Waals surface area contributed by atoms with Gasteiger partial charge in [0.15, 0.2) is 0 Å². The van der Waals surface area contributed by atoms with Gasteiger partial charge in [0.25, 0.3) is 0 Å². The third-order valence-corrected chi connectivity index (χ3v) is 4.43.